The molecule has 6 heteroatoms. The fourth-order valence-electron chi connectivity index (χ4n) is 4.38. The highest BCUT2D eigenvalue weighted by Crippen LogP contribution is 2.57. The summed E-state index contributed by atoms with van der Waals surface area (Å²) >= 11 is 0. The van der Waals surface area contributed by atoms with Gasteiger partial charge in [-0.2, -0.15) is 13.2 Å². The topological polar surface area (TPSA) is 24.1 Å². The maximum Gasteiger partial charge on any atom is 0.404 e. The molecule has 1 aliphatic rings. The Morgan fingerprint density at radius 1 is 0.839 bits per heavy atom. The number of allylic oxidation sites excluding steroid dienone is 1. The minimum atomic E-state index is -4.32. The second-order valence-electron chi connectivity index (χ2n) is 12.4. The molecule has 0 aliphatic heterocycles. The van der Waals surface area contributed by atoms with Gasteiger partial charge >= 0.3 is 6.18 Å². The molecule has 2 N–H and O–H groups in total. The first kappa shape index (κ1) is 28.4. The molecule has 1 aliphatic carbocycles. The van der Waals surface area contributed by atoms with E-state index in [2.05, 4.69) is 10.6 Å². The highest BCUT2D eigenvalue weighted by Gasteiger charge is 2.63. The Morgan fingerprint density at radius 3 is 1.61 bits per heavy atom. The van der Waals surface area contributed by atoms with Crippen molar-refractivity contribution < 1.29 is 17.6 Å². The van der Waals surface area contributed by atoms with Crippen LogP contribution in [0.1, 0.15) is 95.9 Å². The predicted octanol–water partition coefficient (Wildman–Crippen LogP) is 7.40. The maximum atomic E-state index is 15.1. The quantitative estimate of drug-likeness (QED) is 0.339. The molecule has 1 unspecified atom stereocenters. The SMILES string of the molecule is CC(C)/C=C(\F)C(C)(C)C(C)(C)NC1(C(C)(C)C(C)(C)NC(C(C)C)C(F)(F)F)CC1. The summed E-state index contributed by atoms with van der Waals surface area (Å²) < 4.78 is 56.2. The Hall–Kier alpha value is -0.620. The smallest absolute Gasteiger partial charge is 0.305 e. The molecule has 184 valence electrons. The average Bonchev–Trinajstić information content (AvgIpc) is 3.30. The zero-order chi connectivity index (χ0) is 24.8. The van der Waals surface area contributed by atoms with Crippen molar-refractivity contribution in [3.63, 3.8) is 0 Å². The molecule has 1 atom stereocenters. The third-order valence-electron chi connectivity index (χ3n) is 8.24. The highest BCUT2D eigenvalue weighted by atomic mass is 19.4. The van der Waals surface area contributed by atoms with E-state index < -0.39 is 40.0 Å². The Bertz CT molecular complexity index is 651. The molecule has 0 aromatic carbocycles. The fraction of sp³-hybridized carbons (Fsp3) is 0.920. The van der Waals surface area contributed by atoms with Crippen molar-refractivity contribution in [1.82, 2.24) is 10.6 Å². The van der Waals surface area contributed by atoms with Crippen LogP contribution in [0.5, 0.6) is 0 Å². The van der Waals surface area contributed by atoms with Crippen LogP contribution in [0.15, 0.2) is 11.9 Å². The van der Waals surface area contributed by atoms with E-state index in [0.717, 1.165) is 12.8 Å². The van der Waals surface area contributed by atoms with Crippen LogP contribution in [0.2, 0.25) is 0 Å². The van der Waals surface area contributed by atoms with Crippen LogP contribution < -0.4 is 10.6 Å². The number of rotatable bonds is 10. The monoisotopic (exact) mass is 450 g/mol. The first-order valence-electron chi connectivity index (χ1n) is 11.6. The van der Waals surface area contributed by atoms with Crippen LogP contribution in [0.3, 0.4) is 0 Å². The van der Waals surface area contributed by atoms with Crippen molar-refractivity contribution in [1.29, 1.82) is 0 Å². The summed E-state index contributed by atoms with van der Waals surface area (Å²) in [5, 5.41) is 6.67. The standard InChI is InChI=1S/C25H46F4N2/c1-16(2)15-18(26)20(5,6)22(9,10)31-24(13-14-24)21(7,8)23(11,12)30-19(17(3)4)25(27,28)29/h15-17,19,30-31H,13-14H2,1-12H3/b18-15-. The van der Waals surface area contributed by atoms with Gasteiger partial charge in [0.25, 0.3) is 0 Å². The maximum absolute atomic E-state index is 15.1. The summed E-state index contributed by atoms with van der Waals surface area (Å²) in [4.78, 5) is 0. The first-order chi connectivity index (χ1) is 13.5. The van der Waals surface area contributed by atoms with Crippen molar-refractivity contribution in [2.24, 2.45) is 22.7 Å². The highest BCUT2D eigenvalue weighted by molar-refractivity contribution is 5.23. The summed E-state index contributed by atoms with van der Waals surface area (Å²) in [6.45, 7) is 22.6. The normalized spacial score (nSPS) is 19.9. The van der Waals surface area contributed by atoms with E-state index in [4.69, 9.17) is 0 Å². The minimum Gasteiger partial charge on any atom is -0.305 e. The third-order valence-corrected chi connectivity index (χ3v) is 8.24. The van der Waals surface area contributed by atoms with Gasteiger partial charge in [0.2, 0.25) is 0 Å². The van der Waals surface area contributed by atoms with Crippen LogP contribution in [-0.2, 0) is 0 Å². The number of nitrogens with one attached hydrogen (secondary N) is 2. The van der Waals surface area contributed by atoms with Crippen LogP contribution in [0.25, 0.3) is 0 Å². The predicted molar refractivity (Wildman–Crippen MR) is 123 cm³/mol. The Kier molecular flexibility index (Phi) is 7.90. The van der Waals surface area contributed by atoms with Crippen molar-refractivity contribution >= 4 is 0 Å². The molecule has 0 heterocycles. The Balaban J connectivity index is 3.25. The summed E-state index contributed by atoms with van der Waals surface area (Å²) in [6.07, 6.45) is -0.981. The first-order valence-corrected chi connectivity index (χ1v) is 11.6. The van der Waals surface area contributed by atoms with Crippen molar-refractivity contribution in [3.8, 4) is 0 Å². The lowest BCUT2D eigenvalue weighted by molar-refractivity contribution is -0.174. The van der Waals surface area contributed by atoms with E-state index in [1.165, 1.54) is 0 Å². The largest absolute Gasteiger partial charge is 0.404 e. The summed E-state index contributed by atoms with van der Waals surface area (Å²) in [6, 6.07) is -1.59. The molecule has 2 nitrogen and oxygen atoms in total. The van der Waals surface area contributed by atoms with Gasteiger partial charge in [0.15, 0.2) is 0 Å². The van der Waals surface area contributed by atoms with Crippen LogP contribution in [0.4, 0.5) is 17.6 Å². The van der Waals surface area contributed by atoms with E-state index in [1.54, 1.807) is 19.9 Å². The Morgan fingerprint density at radius 2 is 1.29 bits per heavy atom. The van der Waals surface area contributed by atoms with Crippen LogP contribution in [-0.4, -0.2) is 28.8 Å². The number of halogens is 4. The molecule has 1 rings (SSSR count). The van der Waals surface area contributed by atoms with Crippen molar-refractivity contribution in [3.05, 3.63) is 11.9 Å². The summed E-state index contributed by atoms with van der Waals surface area (Å²) in [5.41, 5.74) is -3.09. The molecular formula is C25H46F4N2. The summed E-state index contributed by atoms with van der Waals surface area (Å²) in [5.74, 6) is -0.647. The van der Waals surface area contributed by atoms with E-state index in [9.17, 15) is 13.2 Å². The molecule has 0 spiro atoms. The lowest BCUT2D eigenvalue weighted by Crippen LogP contribution is -2.69. The van der Waals surface area contributed by atoms with Gasteiger partial charge in [0.1, 0.15) is 11.9 Å². The molecule has 0 aromatic rings. The zero-order valence-corrected chi connectivity index (χ0v) is 21.7. The fourth-order valence-corrected chi connectivity index (χ4v) is 4.38. The molecule has 0 radical (unpaired) electrons. The molecule has 1 saturated carbocycles. The van der Waals surface area contributed by atoms with Gasteiger partial charge in [-0.05, 0) is 58.4 Å². The van der Waals surface area contributed by atoms with Gasteiger partial charge in [-0.25, -0.2) is 4.39 Å². The van der Waals surface area contributed by atoms with Gasteiger partial charge < -0.3 is 10.6 Å². The van der Waals surface area contributed by atoms with E-state index in [-0.39, 0.29) is 17.3 Å². The molecular weight excluding hydrogens is 404 g/mol. The number of hydrogen-bond donors (Lipinski definition) is 2. The van der Waals surface area contributed by atoms with Crippen LogP contribution >= 0.6 is 0 Å². The molecule has 0 saturated heterocycles. The molecule has 0 amide bonds. The van der Waals surface area contributed by atoms with Crippen molar-refractivity contribution in [2.75, 3.05) is 0 Å². The van der Waals surface area contributed by atoms with E-state index in [1.807, 2.05) is 69.2 Å². The Labute approximate surface area is 188 Å². The van der Waals surface area contributed by atoms with Gasteiger partial charge in [-0.15, -0.1) is 0 Å². The van der Waals surface area contributed by atoms with E-state index >= 15 is 4.39 Å². The lowest BCUT2D eigenvalue weighted by atomic mass is 9.64. The molecule has 31 heavy (non-hydrogen) atoms. The van der Waals surface area contributed by atoms with Gasteiger partial charge in [0.05, 0.1) is 0 Å². The van der Waals surface area contributed by atoms with Gasteiger partial charge in [-0.3, -0.25) is 0 Å². The second kappa shape index (κ2) is 8.62. The molecule has 0 bridgehead atoms. The average molecular weight is 451 g/mol. The second-order valence-corrected chi connectivity index (χ2v) is 12.4. The van der Waals surface area contributed by atoms with Crippen LogP contribution in [0, 0.1) is 22.7 Å². The van der Waals surface area contributed by atoms with Crippen molar-refractivity contribution in [2.45, 2.75) is 125 Å². The number of alkyl halides is 3. The minimum absolute atomic E-state index is 0.0971. The van der Waals surface area contributed by atoms with Gasteiger partial charge in [-0.1, -0.05) is 55.4 Å². The van der Waals surface area contributed by atoms with Gasteiger partial charge in [0, 0.05) is 27.4 Å². The summed E-state index contributed by atoms with van der Waals surface area (Å²) in [7, 11) is 0. The molecule has 1 fully saturated rings. The third kappa shape index (κ3) is 5.66. The number of hydrogen-bond acceptors (Lipinski definition) is 2. The lowest BCUT2D eigenvalue weighted by Gasteiger charge is -2.54. The zero-order valence-electron chi connectivity index (χ0n) is 21.7. The van der Waals surface area contributed by atoms with E-state index in [0.29, 0.717) is 0 Å². The molecule has 0 aromatic heterocycles.